The fourth-order valence-corrected chi connectivity index (χ4v) is 2.59. The number of nitrogens with zero attached hydrogens (tertiary/aromatic N) is 2. The summed E-state index contributed by atoms with van der Waals surface area (Å²) in [6.07, 6.45) is -4.47. The molecule has 0 aliphatic heterocycles. The van der Waals surface area contributed by atoms with Gasteiger partial charge in [0, 0.05) is 25.3 Å². The van der Waals surface area contributed by atoms with Crippen molar-refractivity contribution in [2.45, 2.75) is 6.18 Å². The van der Waals surface area contributed by atoms with E-state index in [0.717, 1.165) is 11.6 Å². The summed E-state index contributed by atoms with van der Waals surface area (Å²) in [6.45, 7) is 0.909. The SMILES string of the molecule is COCCNc1nc(Nc2ccccc2C(F)(F)F)cc(-c2ccccc2)n1. The van der Waals surface area contributed by atoms with E-state index in [2.05, 4.69) is 20.6 Å². The Morgan fingerprint density at radius 2 is 1.68 bits per heavy atom. The molecule has 0 bridgehead atoms. The number of methoxy groups -OCH3 is 1. The molecule has 0 saturated carbocycles. The first-order chi connectivity index (χ1) is 13.5. The van der Waals surface area contributed by atoms with E-state index in [9.17, 15) is 13.2 Å². The molecule has 2 N–H and O–H groups in total. The van der Waals surface area contributed by atoms with E-state index in [1.807, 2.05) is 30.3 Å². The fourth-order valence-electron chi connectivity index (χ4n) is 2.59. The number of rotatable bonds is 7. The minimum Gasteiger partial charge on any atom is -0.383 e. The third-order valence-electron chi connectivity index (χ3n) is 3.88. The van der Waals surface area contributed by atoms with Gasteiger partial charge in [-0.1, -0.05) is 42.5 Å². The molecule has 0 aliphatic carbocycles. The molecular weight excluding hydrogens is 369 g/mol. The van der Waals surface area contributed by atoms with E-state index in [4.69, 9.17) is 4.74 Å². The topological polar surface area (TPSA) is 59.1 Å². The van der Waals surface area contributed by atoms with Crippen LogP contribution < -0.4 is 10.6 Å². The van der Waals surface area contributed by atoms with E-state index < -0.39 is 11.7 Å². The van der Waals surface area contributed by atoms with Crippen LogP contribution >= 0.6 is 0 Å². The van der Waals surface area contributed by atoms with Crippen LogP contribution in [0.15, 0.2) is 60.7 Å². The minimum atomic E-state index is -4.47. The summed E-state index contributed by atoms with van der Waals surface area (Å²) in [7, 11) is 1.57. The zero-order valence-corrected chi connectivity index (χ0v) is 15.1. The van der Waals surface area contributed by atoms with Gasteiger partial charge >= 0.3 is 6.18 Å². The highest BCUT2D eigenvalue weighted by atomic mass is 19.4. The summed E-state index contributed by atoms with van der Waals surface area (Å²) in [5.41, 5.74) is 0.577. The smallest absolute Gasteiger partial charge is 0.383 e. The van der Waals surface area contributed by atoms with Gasteiger partial charge in [-0.25, -0.2) is 4.98 Å². The zero-order chi connectivity index (χ0) is 20.0. The Morgan fingerprint density at radius 1 is 0.964 bits per heavy atom. The minimum absolute atomic E-state index is 0.0736. The van der Waals surface area contributed by atoms with Crippen molar-refractivity contribution in [2.75, 3.05) is 30.9 Å². The van der Waals surface area contributed by atoms with Crippen molar-refractivity contribution < 1.29 is 17.9 Å². The third-order valence-corrected chi connectivity index (χ3v) is 3.88. The number of aromatic nitrogens is 2. The van der Waals surface area contributed by atoms with Crippen molar-refractivity contribution in [3.8, 4) is 11.3 Å². The van der Waals surface area contributed by atoms with Crippen LogP contribution in [0.25, 0.3) is 11.3 Å². The van der Waals surface area contributed by atoms with Crippen LogP contribution in [0.2, 0.25) is 0 Å². The zero-order valence-electron chi connectivity index (χ0n) is 15.1. The van der Waals surface area contributed by atoms with Crippen molar-refractivity contribution in [3.63, 3.8) is 0 Å². The molecule has 3 aromatic rings. The summed E-state index contributed by atoms with van der Waals surface area (Å²) >= 11 is 0. The highest BCUT2D eigenvalue weighted by Crippen LogP contribution is 2.36. The molecule has 0 amide bonds. The summed E-state index contributed by atoms with van der Waals surface area (Å²) in [6, 6.07) is 16.2. The van der Waals surface area contributed by atoms with Crippen LogP contribution in [0.5, 0.6) is 0 Å². The lowest BCUT2D eigenvalue weighted by molar-refractivity contribution is -0.136. The number of halogens is 3. The van der Waals surface area contributed by atoms with E-state index in [0.29, 0.717) is 24.8 Å². The van der Waals surface area contributed by atoms with Crippen molar-refractivity contribution in [2.24, 2.45) is 0 Å². The number of hydrogen-bond acceptors (Lipinski definition) is 5. The van der Waals surface area contributed by atoms with Crippen molar-refractivity contribution >= 4 is 17.5 Å². The first-order valence-electron chi connectivity index (χ1n) is 8.58. The Balaban J connectivity index is 1.97. The van der Waals surface area contributed by atoms with Gasteiger partial charge in [-0.3, -0.25) is 0 Å². The number of nitrogens with one attached hydrogen (secondary N) is 2. The van der Waals surface area contributed by atoms with E-state index >= 15 is 0 Å². The van der Waals surface area contributed by atoms with Gasteiger partial charge in [0.05, 0.1) is 23.6 Å². The summed E-state index contributed by atoms with van der Waals surface area (Å²) < 4.78 is 44.8. The largest absolute Gasteiger partial charge is 0.418 e. The van der Waals surface area contributed by atoms with Crippen molar-refractivity contribution in [1.29, 1.82) is 0 Å². The number of ether oxygens (including phenoxy) is 1. The maximum atomic E-state index is 13.3. The first-order valence-corrected chi connectivity index (χ1v) is 8.58. The molecule has 0 aliphatic rings. The molecule has 0 atom stereocenters. The predicted octanol–water partition coefficient (Wildman–Crippen LogP) is 4.96. The number of anilines is 3. The van der Waals surface area contributed by atoms with Crippen LogP contribution in [0, 0.1) is 0 Å². The van der Waals surface area contributed by atoms with E-state index in [1.165, 1.54) is 18.2 Å². The van der Waals surface area contributed by atoms with Gasteiger partial charge in [0.15, 0.2) is 0 Å². The molecular formula is C20H19F3N4O. The van der Waals surface area contributed by atoms with Crippen LogP contribution in [0.3, 0.4) is 0 Å². The van der Waals surface area contributed by atoms with Gasteiger partial charge < -0.3 is 15.4 Å². The second-order valence-corrected chi connectivity index (χ2v) is 5.92. The Kier molecular flexibility index (Phi) is 6.10. The molecule has 3 rings (SSSR count). The second-order valence-electron chi connectivity index (χ2n) is 5.92. The highest BCUT2D eigenvalue weighted by Gasteiger charge is 2.33. The maximum absolute atomic E-state index is 13.3. The summed E-state index contributed by atoms with van der Waals surface area (Å²) in [4.78, 5) is 8.74. The average molecular weight is 388 g/mol. The third kappa shape index (κ3) is 4.98. The maximum Gasteiger partial charge on any atom is 0.418 e. The number of alkyl halides is 3. The normalized spacial score (nSPS) is 11.3. The number of benzene rings is 2. The van der Waals surface area contributed by atoms with Crippen LogP contribution in [0.4, 0.5) is 30.6 Å². The Morgan fingerprint density at radius 3 is 2.39 bits per heavy atom. The Hall–Kier alpha value is -3.13. The standard InChI is InChI=1S/C20H19F3N4O/c1-28-12-11-24-19-26-17(14-7-3-2-4-8-14)13-18(27-19)25-16-10-6-5-9-15(16)20(21,22)23/h2-10,13H,11-12H2,1H3,(H2,24,25,26,27). The van der Waals surface area contributed by atoms with Crippen molar-refractivity contribution in [1.82, 2.24) is 9.97 Å². The fraction of sp³-hybridized carbons (Fsp3) is 0.200. The molecule has 28 heavy (non-hydrogen) atoms. The van der Waals surface area contributed by atoms with E-state index in [1.54, 1.807) is 13.2 Å². The number of para-hydroxylation sites is 1. The van der Waals surface area contributed by atoms with Gasteiger partial charge in [0.2, 0.25) is 5.95 Å². The quantitative estimate of drug-likeness (QED) is 0.560. The van der Waals surface area contributed by atoms with Crippen LogP contribution in [-0.2, 0) is 10.9 Å². The average Bonchev–Trinajstić information content (AvgIpc) is 2.68. The van der Waals surface area contributed by atoms with Gasteiger partial charge in [0.25, 0.3) is 0 Å². The molecule has 146 valence electrons. The summed E-state index contributed by atoms with van der Waals surface area (Å²) in [5.74, 6) is 0.552. The lowest BCUT2D eigenvalue weighted by Gasteiger charge is -2.15. The molecule has 1 heterocycles. The second kappa shape index (κ2) is 8.71. The molecule has 0 unspecified atom stereocenters. The van der Waals surface area contributed by atoms with Gasteiger partial charge in [-0.15, -0.1) is 0 Å². The molecule has 0 spiro atoms. The van der Waals surface area contributed by atoms with Gasteiger partial charge in [0.1, 0.15) is 5.82 Å². The van der Waals surface area contributed by atoms with Crippen LogP contribution in [0.1, 0.15) is 5.56 Å². The van der Waals surface area contributed by atoms with Gasteiger partial charge in [-0.2, -0.15) is 18.2 Å². The molecule has 0 radical (unpaired) electrons. The Bertz CT molecular complexity index is 917. The molecule has 1 aromatic heterocycles. The molecule has 8 heteroatoms. The lowest BCUT2D eigenvalue weighted by Crippen LogP contribution is -2.12. The van der Waals surface area contributed by atoms with Crippen LogP contribution in [-0.4, -0.2) is 30.2 Å². The molecule has 5 nitrogen and oxygen atoms in total. The molecule has 0 saturated heterocycles. The van der Waals surface area contributed by atoms with Crippen molar-refractivity contribution in [3.05, 3.63) is 66.2 Å². The van der Waals surface area contributed by atoms with Gasteiger partial charge in [-0.05, 0) is 12.1 Å². The predicted molar refractivity (Wildman–Crippen MR) is 103 cm³/mol. The summed E-state index contributed by atoms with van der Waals surface area (Å²) in [5, 5.41) is 5.79. The number of hydrogen-bond donors (Lipinski definition) is 2. The molecule has 0 fully saturated rings. The monoisotopic (exact) mass is 388 g/mol. The first kappa shape index (κ1) is 19.6. The van der Waals surface area contributed by atoms with E-state index in [-0.39, 0.29) is 11.5 Å². The highest BCUT2D eigenvalue weighted by molar-refractivity contribution is 5.68. The lowest BCUT2D eigenvalue weighted by atomic mass is 10.1. The Labute approximate surface area is 160 Å². The molecule has 2 aromatic carbocycles.